The third kappa shape index (κ3) is 11.2. The van der Waals surface area contributed by atoms with E-state index in [0.717, 1.165) is 43.0 Å². The predicted molar refractivity (Wildman–Crippen MR) is 160 cm³/mol. The second kappa shape index (κ2) is 15.5. The first-order valence-electron chi connectivity index (χ1n) is 15.1. The topological polar surface area (TPSA) is 59.1 Å². The van der Waals surface area contributed by atoms with Crippen molar-refractivity contribution in [2.75, 3.05) is 57.4 Å². The molecule has 3 saturated heterocycles. The van der Waals surface area contributed by atoms with E-state index < -0.39 is 0 Å². The molecule has 0 unspecified atom stereocenters. The Hall–Kier alpha value is -0.440. The van der Waals surface area contributed by atoms with Crippen molar-refractivity contribution in [1.82, 2.24) is 9.80 Å². The summed E-state index contributed by atoms with van der Waals surface area (Å²) in [5.41, 5.74) is 0.0647. The van der Waals surface area contributed by atoms with E-state index in [1.165, 1.54) is 58.0 Å². The maximum absolute atomic E-state index is 12.5. The van der Waals surface area contributed by atoms with Gasteiger partial charge in [0, 0.05) is 30.0 Å². The number of likely N-dealkylation sites (tertiary alicyclic amines) is 2. The molecule has 3 aliphatic rings. The standard InChI is InChI=1S/C30H54N2O4S2/c1-24(2)19-28(34)36-21-30(22-37-38-23-30)20-35-27(33)13-16-31-14-9-25(10-15-31)7-6-8-26-11-17-32(18-12-26)29(3,4)5/h24-26H,6-23H2,1-5H3. The monoisotopic (exact) mass is 570 g/mol. The maximum atomic E-state index is 12.5. The van der Waals surface area contributed by atoms with Crippen molar-refractivity contribution in [3.63, 3.8) is 0 Å². The minimum Gasteiger partial charge on any atom is -0.465 e. The van der Waals surface area contributed by atoms with Crippen LogP contribution in [0.3, 0.4) is 0 Å². The van der Waals surface area contributed by atoms with Gasteiger partial charge in [-0.05, 0) is 90.4 Å². The fourth-order valence-electron chi connectivity index (χ4n) is 5.85. The normalized spacial score (nSPS) is 22.2. The summed E-state index contributed by atoms with van der Waals surface area (Å²) in [6.07, 6.45) is 10.3. The van der Waals surface area contributed by atoms with E-state index in [1.807, 2.05) is 13.8 Å². The summed E-state index contributed by atoms with van der Waals surface area (Å²) in [6.45, 7) is 17.2. The van der Waals surface area contributed by atoms with Crippen LogP contribution in [0.15, 0.2) is 0 Å². The van der Waals surface area contributed by atoms with Crippen molar-refractivity contribution in [2.24, 2.45) is 23.2 Å². The van der Waals surface area contributed by atoms with Crippen LogP contribution < -0.4 is 0 Å². The molecule has 0 N–H and O–H groups in total. The van der Waals surface area contributed by atoms with Gasteiger partial charge < -0.3 is 14.4 Å². The lowest BCUT2D eigenvalue weighted by Gasteiger charge is -2.41. The first-order chi connectivity index (χ1) is 18.0. The van der Waals surface area contributed by atoms with Crippen LogP contribution in [0.25, 0.3) is 0 Å². The van der Waals surface area contributed by atoms with Crippen LogP contribution in [0, 0.1) is 23.2 Å². The van der Waals surface area contributed by atoms with E-state index in [0.29, 0.717) is 31.6 Å². The van der Waals surface area contributed by atoms with E-state index >= 15 is 0 Å². The van der Waals surface area contributed by atoms with Crippen molar-refractivity contribution < 1.29 is 19.1 Å². The van der Waals surface area contributed by atoms with Crippen molar-refractivity contribution in [3.8, 4) is 0 Å². The summed E-state index contributed by atoms with van der Waals surface area (Å²) in [7, 11) is 3.55. The molecular formula is C30H54N2O4S2. The molecule has 38 heavy (non-hydrogen) atoms. The molecule has 0 aromatic carbocycles. The lowest BCUT2D eigenvalue weighted by Crippen LogP contribution is -2.46. The van der Waals surface area contributed by atoms with Crippen LogP contribution in [0.1, 0.15) is 92.4 Å². The van der Waals surface area contributed by atoms with E-state index in [1.54, 1.807) is 21.6 Å². The second-order valence-corrected chi connectivity index (χ2v) is 16.0. The number of piperidine rings is 2. The van der Waals surface area contributed by atoms with Gasteiger partial charge in [-0.2, -0.15) is 0 Å². The van der Waals surface area contributed by atoms with E-state index in [9.17, 15) is 9.59 Å². The maximum Gasteiger partial charge on any atom is 0.307 e. The molecule has 0 saturated carbocycles. The van der Waals surface area contributed by atoms with Gasteiger partial charge in [-0.3, -0.25) is 14.5 Å². The van der Waals surface area contributed by atoms with Crippen molar-refractivity contribution in [1.29, 1.82) is 0 Å². The minimum atomic E-state index is -0.250. The third-order valence-electron chi connectivity index (χ3n) is 8.59. The zero-order valence-electron chi connectivity index (χ0n) is 24.8. The molecule has 0 radical (unpaired) electrons. The molecule has 3 rings (SSSR count). The molecule has 0 atom stereocenters. The fraction of sp³-hybridized carbons (Fsp3) is 0.933. The average molecular weight is 571 g/mol. The first-order valence-corrected chi connectivity index (χ1v) is 17.6. The van der Waals surface area contributed by atoms with Crippen LogP contribution in [0.2, 0.25) is 0 Å². The SMILES string of the molecule is CC(C)CC(=O)OCC1(COC(=O)CCN2CCC(CCCC3CCN(C(C)(C)C)CC3)CC2)CSSC1. The summed E-state index contributed by atoms with van der Waals surface area (Å²) in [4.78, 5) is 29.6. The molecule has 220 valence electrons. The van der Waals surface area contributed by atoms with Crippen LogP contribution in [-0.2, 0) is 19.1 Å². The number of nitrogens with zero attached hydrogens (tertiary/aromatic N) is 2. The van der Waals surface area contributed by atoms with Gasteiger partial charge in [-0.15, -0.1) is 0 Å². The number of hydrogen-bond acceptors (Lipinski definition) is 8. The lowest BCUT2D eigenvalue weighted by molar-refractivity contribution is -0.152. The van der Waals surface area contributed by atoms with E-state index in [4.69, 9.17) is 9.47 Å². The van der Waals surface area contributed by atoms with E-state index in [2.05, 4.69) is 30.6 Å². The number of ether oxygens (including phenoxy) is 2. The number of esters is 2. The molecule has 0 bridgehead atoms. The Bertz CT molecular complexity index is 720. The largest absolute Gasteiger partial charge is 0.465 e. The average Bonchev–Trinajstić information content (AvgIpc) is 3.34. The van der Waals surface area contributed by atoms with Crippen LogP contribution >= 0.6 is 21.6 Å². The second-order valence-electron chi connectivity index (χ2n) is 13.5. The Balaban J connectivity index is 1.24. The van der Waals surface area contributed by atoms with Crippen molar-refractivity contribution >= 4 is 33.5 Å². The molecule has 0 spiro atoms. The summed E-state index contributed by atoms with van der Waals surface area (Å²) in [5, 5.41) is 0. The summed E-state index contributed by atoms with van der Waals surface area (Å²) >= 11 is 0. The number of rotatable bonds is 13. The Morgan fingerprint density at radius 2 is 1.39 bits per heavy atom. The van der Waals surface area contributed by atoms with Crippen LogP contribution in [-0.4, -0.2) is 84.7 Å². The molecule has 0 amide bonds. The third-order valence-corrected chi connectivity index (χ3v) is 11.4. The van der Waals surface area contributed by atoms with Gasteiger partial charge in [0.2, 0.25) is 0 Å². The van der Waals surface area contributed by atoms with Gasteiger partial charge in [0.05, 0.1) is 11.8 Å². The van der Waals surface area contributed by atoms with Gasteiger partial charge in [-0.1, -0.05) is 54.7 Å². The van der Waals surface area contributed by atoms with Crippen molar-refractivity contribution in [3.05, 3.63) is 0 Å². The molecule has 3 heterocycles. The summed E-state index contributed by atoms with van der Waals surface area (Å²) < 4.78 is 11.3. The molecule has 3 aliphatic heterocycles. The summed E-state index contributed by atoms with van der Waals surface area (Å²) in [6, 6.07) is 0. The molecule has 0 aromatic heterocycles. The van der Waals surface area contributed by atoms with Gasteiger partial charge >= 0.3 is 11.9 Å². The van der Waals surface area contributed by atoms with Gasteiger partial charge in [0.1, 0.15) is 13.2 Å². The van der Waals surface area contributed by atoms with Crippen LogP contribution in [0.4, 0.5) is 0 Å². The first kappa shape index (κ1) is 32.1. The summed E-state index contributed by atoms with van der Waals surface area (Å²) in [5.74, 6) is 3.48. The Morgan fingerprint density at radius 3 is 1.92 bits per heavy atom. The van der Waals surface area contributed by atoms with Gasteiger partial charge in [0.25, 0.3) is 0 Å². The highest BCUT2D eigenvalue weighted by Crippen LogP contribution is 2.43. The van der Waals surface area contributed by atoms with Gasteiger partial charge in [-0.25, -0.2) is 0 Å². The molecule has 6 nitrogen and oxygen atoms in total. The smallest absolute Gasteiger partial charge is 0.307 e. The zero-order valence-corrected chi connectivity index (χ0v) is 26.4. The Labute approximate surface area is 240 Å². The minimum absolute atomic E-state index is 0.126. The fourth-order valence-corrected chi connectivity index (χ4v) is 9.18. The van der Waals surface area contributed by atoms with E-state index in [-0.39, 0.29) is 23.3 Å². The lowest BCUT2D eigenvalue weighted by atomic mass is 9.86. The van der Waals surface area contributed by atoms with Gasteiger partial charge in [0.15, 0.2) is 0 Å². The molecule has 3 fully saturated rings. The Kier molecular flexibility index (Phi) is 13.1. The number of hydrogen-bond donors (Lipinski definition) is 0. The number of carbonyl (C=O) groups is 2. The quantitative estimate of drug-likeness (QED) is 0.189. The highest BCUT2D eigenvalue weighted by Gasteiger charge is 2.38. The predicted octanol–water partition coefficient (Wildman–Crippen LogP) is 6.28. The molecule has 0 aliphatic carbocycles. The van der Waals surface area contributed by atoms with Crippen molar-refractivity contribution in [2.45, 2.75) is 97.9 Å². The molecule has 0 aromatic rings. The Morgan fingerprint density at radius 1 is 0.868 bits per heavy atom. The highest BCUT2D eigenvalue weighted by molar-refractivity contribution is 8.77. The highest BCUT2D eigenvalue weighted by atomic mass is 33.1. The van der Waals surface area contributed by atoms with Crippen LogP contribution in [0.5, 0.6) is 0 Å². The zero-order chi connectivity index (χ0) is 27.6. The molecular weight excluding hydrogens is 516 g/mol. The number of carbonyl (C=O) groups excluding carboxylic acids is 2. The molecule has 8 heteroatoms.